The summed E-state index contributed by atoms with van der Waals surface area (Å²) >= 11 is 0. The number of hydrogen-bond donors (Lipinski definition) is 1. The molecular formula is C20H21N3O5. The number of carbonyl (C=O) groups is 1. The van der Waals surface area contributed by atoms with E-state index in [1.165, 1.54) is 6.07 Å². The zero-order valence-electron chi connectivity index (χ0n) is 15.3. The minimum atomic E-state index is -0.446. The van der Waals surface area contributed by atoms with E-state index in [-0.39, 0.29) is 23.3 Å². The van der Waals surface area contributed by atoms with Crippen LogP contribution in [0.1, 0.15) is 15.9 Å². The molecule has 1 amide bonds. The Labute approximate surface area is 162 Å². The number of morpholine rings is 1. The summed E-state index contributed by atoms with van der Waals surface area (Å²) in [5.41, 5.74) is 1.82. The summed E-state index contributed by atoms with van der Waals surface area (Å²) in [4.78, 5) is 25.5. The highest BCUT2D eigenvalue weighted by Crippen LogP contribution is 2.30. The Morgan fingerprint density at radius 2 is 2.00 bits per heavy atom. The van der Waals surface area contributed by atoms with E-state index >= 15 is 0 Å². The zero-order chi connectivity index (χ0) is 19.5. The minimum Gasteiger partial charge on any atom is -0.488 e. The predicted molar refractivity (Wildman–Crippen MR) is 103 cm³/mol. The molecule has 2 heterocycles. The van der Waals surface area contributed by atoms with Crippen molar-refractivity contribution in [2.75, 3.05) is 37.7 Å². The number of ether oxygens (including phenoxy) is 2. The van der Waals surface area contributed by atoms with Crippen molar-refractivity contribution in [3.63, 3.8) is 0 Å². The van der Waals surface area contributed by atoms with Crippen LogP contribution >= 0.6 is 0 Å². The van der Waals surface area contributed by atoms with Crippen molar-refractivity contribution in [1.29, 1.82) is 0 Å². The van der Waals surface area contributed by atoms with Gasteiger partial charge < -0.3 is 19.7 Å². The molecule has 1 N–H and O–H groups in total. The number of fused-ring (bicyclic) bond motifs is 1. The number of benzene rings is 2. The average molecular weight is 383 g/mol. The second-order valence-corrected chi connectivity index (χ2v) is 6.82. The Morgan fingerprint density at radius 3 is 2.75 bits per heavy atom. The standard InChI is InChI=1S/C20H21N3O5/c24-20(21-13-16-11-14-3-1-2-4-19(14)28-16)15-5-6-17(18(12-15)23(25)26)22-7-9-27-10-8-22/h1-6,12,16H,7-11,13H2,(H,21,24). The van der Waals surface area contributed by atoms with Gasteiger partial charge in [-0.3, -0.25) is 14.9 Å². The van der Waals surface area contributed by atoms with Crippen LogP contribution in [0.2, 0.25) is 0 Å². The fourth-order valence-electron chi connectivity index (χ4n) is 3.56. The summed E-state index contributed by atoms with van der Waals surface area (Å²) in [5, 5.41) is 14.3. The minimum absolute atomic E-state index is 0.0703. The molecule has 0 aromatic heterocycles. The smallest absolute Gasteiger partial charge is 0.293 e. The molecule has 0 aliphatic carbocycles. The Balaban J connectivity index is 1.43. The maximum absolute atomic E-state index is 12.5. The number of hydrogen-bond acceptors (Lipinski definition) is 6. The molecule has 1 saturated heterocycles. The van der Waals surface area contributed by atoms with Crippen LogP contribution in [0.4, 0.5) is 11.4 Å². The van der Waals surface area contributed by atoms with Gasteiger partial charge in [-0.1, -0.05) is 18.2 Å². The van der Waals surface area contributed by atoms with E-state index in [9.17, 15) is 14.9 Å². The van der Waals surface area contributed by atoms with Crippen molar-refractivity contribution in [2.24, 2.45) is 0 Å². The first-order valence-corrected chi connectivity index (χ1v) is 9.26. The molecule has 1 fully saturated rings. The molecule has 146 valence electrons. The first-order valence-electron chi connectivity index (χ1n) is 9.26. The van der Waals surface area contributed by atoms with E-state index in [1.54, 1.807) is 12.1 Å². The molecule has 0 bridgehead atoms. The van der Waals surface area contributed by atoms with Crippen molar-refractivity contribution in [2.45, 2.75) is 12.5 Å². The van der Waals surface area contributed by atoms with Gasteiger partial charge in [0.25, 0.3) is 11.6 Å². The van der Waals surface area contributed by atoms with Gasteiger partial charge >= 0.3 is 0 Å². The number of para-hydroxylation sites is 1. The van der Waals surface area contributed by atoms with Crippen LogP contribution in [0.15, 0.2) is 42.5 Å². The number of nitrogens with one attached hydrogen (secondary N) is 1. The van der Waals surface area contributed by atoms with Crippen LogP contribution in [-0.2, 0) is 11.2 Å². The summed E-state index contributed by atoms with van der Waals surface area (Å²) in [6.07, 6.45) is 0.594. The SMILES string of the molecule is O=C(NCC1Cc2ccccc2O1)c1ccc(N2CCOCC2)c([N+](=O)[O-])c1. The van der Waals surface area contributed by atoms with Crippen LogP contribution in [-0.4, -0.2) is 49.8 Å². The third-order valence-corrected chi connectivity index (χ3v) is 4.99. The van der Waals surface area contributed by atoms with Crippen molar-refractivity contribution in [3.8, 4) is 5.75 Å². The summed E-state index contributed by atoms with van der Waals surface area (Å²) in [6, 6.07) is 12.4. The van der Waals surface area contributed by atoms with Crippen LogP contribution < -0.4 is 15.0 Å². The highest BCUT2D eigenvalue weighted by molar-refractivity contribution is 5.95. The van der Waals surface area contributed by atoms with E-state index in [4.69, 9.17) is 9.47 Å². The second kappa shape index (κ2) is 7.85. The summed E-state index contributed by atoms with van der Waals surface area (Å²) in [6.45, 7) is 2.58. The fourth-order valence-corrected chi connectivity index (χ4v) is 3.56. The van der Waals surface area contributed by atoms with Gasteiger partial charge in [-0.2, -0.15) is 0 Å². The van der Waals surface area contributed by atoms with Crippen molar-refractivity contribution in [3.05, 3.63) is 63.7 Å². The molecule has 0 spiro atoms. The topological polar surface area (TPSA) is 93.9 Å². The molecule has 2 aliphatic heterocycles. The van der Waals surface area contributed by atoms with Crippen molar-refractivity contribution in [1.82, 2.24) is 5.32 Å². The van der Waals surface area contributed by atoms with Crippen LogP contribution in [0.3, 0.4) is 0 Å². The van der Waals surface area contributed by atoms with E-state index in [0.29, 0.717) is 38.5 Å². The second-order valence-electron chi connectivity index (χ2n) is 6.82. The van der Waals surface area contributed by atoms with Gasteiger partial charge in [0.1, 0.15) is 17.5 Å². The number of nitro benzene ring substituents is 1. The summed E-state index contributed by atoms with van der Waals surface area (Å²) < 4.78 is 11.1. The number of anilines is 1. The quantitative estimate of drug-likeness (QED) is 0.628. The third kappa shape index (κ3) is 3.77. The first-order chi connectivity index (χ1) is 13.6. The van der Waals surface area contributed by atoms with Crippen molar-refractivity contribution >= 4 is 17.3 Å². The molecule has 2 aromatic rings. The number of nitro groups is 1. The monoisotopic (exact) mass is 383 g/mol. The lowest BCUT2D eigenvalue weighted by Gasteiger charge is -2.28. The van der Waals surface area contributed by atoms with Gasteiger partial charge in [-0.05, 0) is 23.8 Å². The van der Waals surface area contributed by atoms with Crippen molar-refractivity contribution < 1.29 is 19.2 Å². The van der Waals surface area contributed by atoms with Crippen LogP contribution in [0, 0.1) is 10.1 Å². The molecule has 2 aromatic carbocycles. The summed E-state index contributed by atoms with van der Waals surface area (Å²) in [7, 11) is 0. The van der Waals surface area contributed by atoms with Gasteiger partial charge in [0, 0.05) is 31.1 Å². The summed E-state index contributed by atoms with van der Waals surface area (Å²) in [5.74, 6) is 0.489. The van der Waals surface area contributed by atoms with E-state index < -0.39 is 4.92 Å². The Morgan fingerprint density at radius 1 is 1.21 bits per heavy atom. The fraction of sp³-hybridized carbons (Fsp3) is 0.350. The molecular weight excluding hydrogens is 362 g/mol. The highest BCUT2D eigenvalue weighted by Gasteiger charge is 2.25. The lowest BCUT2D eigenvalue weighted by Crippen LogP contribution is -2.37. The largest absolute Gasteiger partial charge is 0.488 e. The number of nitrogens with zero attached hydrogens (tertiary/aromatic N) is 2. The van der Waals surface area contributed by atoms with Gasteiger partial charge in [-0.15, -0.1) is 0 Å². The molecule has 4 rings (SSSR count). The molecule has 2 aliphatic rings. The maximum Gasteiger partial charge on any atom is 0.293 e. The Bertz CT molecular complexity index is 870. The third-order valence-electron chi connectivity index (χ3n) is 4.99. The molecule has 28 heavy (non-hydrogen) atoms. The first kappa shape index (κ1) is 18.2. The lowest BCUT2D eigenvalue weighted by atomic mass is 10.1. The predicted octanol–water partition coefficient (Wildman–Crippen LogP) is 2.16. The molecule has 1 atom stereocenters. The average Bonchev–Trinajstić information content (AvgIpc) is 3.15. The zero-order valence-corrected chi connectivity index (χ0v) is 15.3. The lowest BCUT2D eigenvalue weighted by molar-refractivity contribution is -0.384. The Kier molecular flexibility index (Phi) is 5.12. The van der Waals surface area contributed by atoms with Crippen LogP contribution in [0.25, 0.3) is 0 Å². The number of carbonyl (C=O) groups excluding carboxylic acids is 1. The van der Waals surface area contributed by atoms with Gasteiger partial charge in [-0.25, -0.2) is 0 Å². The van der Waals surface area contributed by atoms with Gasteiger partial charge in [0.15, 0.2) is 0 Å². The van der Waals surface area contributed by atoms with E-state index in [0.717, 1.165) is 17.7 Å². The Hall–Kier alpha value is -3.13. The molecule has 8 heteroatoms. The van der Waals surface area contributed by atoms with E-state index in [1.807, 2.05) is 29.2 Å². The molecule has 1 unspecified atom stereocenters. The normalized spacial score (nSPS) is 18.3. The van der Waals surface area contributed by atoms with Crippen LogP contribution in [0.5, 0.6) is 5.75 Å². The van der Waals surface area contributed by atoms with E-state index in [2.05, 4.69) is 5.32 Å². The highest BCUT2D eigenvalue weighted by atomic mass is 16.6. The van der Waals surface area contributed by atoms with Gasteiger partial charge in [0.2, 0.25) is 0 Å². The molecule has 0 radical (unpaired) electrons. The number of rotatable bonds is 5. The molecule has 8 nitrogen and oxygen atoms in total. The maximum atomic E-state index is 12.5. The molecule has 0 saturated carbocycles. The number of amides is 1. The van der Waals surface area contributed by atoms with Gasteiger partial charge in [0.05, 0.1) is 24.7 Å².